The van der Waals surface area contributed by atoms with Gasteiger partial charge in [-0.05, 0) is 106 Å². The second kappa shape index (κ2) is 11.3. The highest BCUT2D eigenvalue weighted by atomic mass is 16.5. The predicted molar refractivity (Wildman–Crippen MR) is 224 cm³/mol. The van der Waals surface area contributed by atoms with Crippen molar-refractivity contribution in [2.45, 2.75) is 0 Å². The Hall–Kier alpha value is -6.98. The van der Waals surface area contributed by atoms with Crippen molar-refractivity contribution >= 4 is 97.6 Å². The number of nitrogens with zero attached hydrogens (tertiary/aromatic N) is 4. The van der Waals surface area contributed by atoms with Gasteiger partial charge in [-0.15, -0.1) is 0 Å². The maximum atomic E-state index is 6.65. The highest BCUT2D eigenvalue weighted by Crippen LogP contribution is 2.45. The van der Waals surface area contributed by atoms with Crippen LogP contribution in [0.4, 0.5) is 51.3 Å². The molecule has 0 saturated heterocycles. The lowest BCUT2D eigenvalue weighted by molar-refractivity contribution is 0.487. The molecule has 0 saturated carbocycles. The van der Waals surface area contributed by atoms with E-state index in [-0.39, 0.29) is 13.4 Å². The molecule has 0 radical (unpaired) electrons. The number of fused-ring (bicyclic) bond motifs is 8. The normalized spacial score (nSPS) is 13.9. The van der Waals surface area contributed by atoms with Gasteiger partial charge in [0.2, 0.25) is 0 Å². The summed E-state index contributed by atoms with van der Waals surface area (Å²) >= 11 is 0. The third-order valence-electron chi connectivity index (χ3n) is 11.5. The molecule has 1 aromatic heterocycles. The number of rotatable bonds is 3. The Labute approximate surface area is 314 Å². The molecule has 0 aliphatic carbocycles. The summed E-state index contributed by atoms with van der Waals surface area (Å²) in [5, 5.41) is 0. The van der Waals surface area contributed by atoms with E-state index < -0.39 is 0 Å². The van der Waals surface area contributed by atoms with Crippen LogP contribution in [0, 0.1) is 0 Å². The maximum Gasteiger partial charge on any atom is 0.275 e. The summed E-state index contributed by atoms with van der Waals surface area (Å²) in [5.41, 5.74) is 16.0. The molecule has 54 heavy (non-hydrogen) atoms. The van der Waals surface area contributed by atoms with Gasteiger partial charge in [0.15, 0.2) is 0 Å². The average Bonchev–Trinajstić information content (AvgIpc) is 3.24. The molecule has 4 aliphatic rings. The van der Waals surface area contributed by atoms with E-state index in [1.54, 1.807) is 0 Å². The second-order valence-electron chi connectivity index (χ2n) is 14.3. The number of pyridine rings is 1. The Morgan fingerprint density at radius 3 is 1.56 bits per heavy atom. The highest BCUT2D eigenvalue weighted by Gasteiger charge is 2.48. The molecule has 250 valence electrons. The summed E-state index contributed by atoms with van der Waals surface area (Å²) in [6.45, 7) is -0.161. The summed E-state index contributed by atoms with van der Waals surface area (Å²) in [7, 11) is 0. The fourth-order valence-electron chi connectivity index (χ4n) is 9.34. The Morgan fingerprint density at radius 1 is 0.370 bits per heavy atom. The number of aromatic nitrogens is 1. The molecule has 0 N–H and O–H groups in total. The maximum absolute atomic E-state index is 6.65. The van der Waals surface area contributed by atoms with Gasteiger partial charge in [-0.25, -0.2) is 4.98 Å². The minimum Gasteiger partial charge on any atom is -0.458 e. The summed E-state index contributed by atoms with van der Waals surface area (Å²) < 4.78 is 6.65. The van der Waals surface area contributed by atoms with Gasteiger partial charge in [0.1, 0.15) is 17.3 Å². The Kier molecular flexibility index (Phi) is 6.17. The topological polar surface area (TPSA) is 31.8 Å². The van der Waals surface area contributed by atoms with Gasteiger partial charge in [0.05, 0.1) is 5.69 Å². The van der Waals surface area contributed by atoms with E-state index in [0.717, 1.165) is 68.0 Å². The van der Waals surface area contributed by atoms with Gasteiger partial charge in [-0.2, -0.15) is 0 Å². The standard InChI is InChI=1S/C47H30B2N4O/c1-4-16-31(17-5-1)51-37-24-12-10-22-34(37)49-44-38(51)25-14-26-39(44)52(32-18-6-2-7-19-32)41-30-36-47(50-46(41)49)53(33-20-8-3-9-21-33)40-27-15-29-43-45(40)48(36)35-23-11-13-28-42(35)54-43/h1-30H. The molecule has 7 heteroatoms. The molecule has 7 aromatic carbocycles. The molecule has 0 fully saturated rings. The minimum absolute atomic E-state index is 0.0634. The van der Waals surface area contributed by atoms with Gasteiger partial charge in [-0.3, -0.25) is 4.90 Å². The SMILES string of the molecule is c1ccc(N2c3ccccc3B3c4nc5c(cc4N(c4ccccc4)c4cccc2c43)B2c3ccccc3Oc3cccc(c32)N5c2ccccc2)cc1. The van der Waals surface area contributed by atoms with Crippen LogP contribution in [-0.2, 0) is 0 Å². The monoisotopic (exact) mass is 688 g/mol. The number of para-hydroxylation sites is 5. The van der Waals surface area contributed by atoms with Crippen molar-refractivity contribution < 1.29 is 4.74 Å². The van der Waals surface area contributed by atoms with E-state index in [1.165, 1.54) is 27.8 Å². The van der Waals surface area contributed by atoms with Crippen LogP contribution in [-0.4, -0.2) is 18.4 Å². The van der Waals surface area contributed by atoms with Crippen LogP contribution in [0.1, 0.15) is 0 Å². The fraction of sp³-hybridized carbons (Fsp3) is 0. The molecule has 0 spiro atoms. The van der Waals surface area contributed by atoms with Crippen molar-refractivity contribution in [2.24, 2.45) is 0 Å². The van der Waals surface area contributed by atoms with Crippen LogP contribution in [0.5, 0.6) is 11.5 Å². The zero-order chi connectivity index (χ0) is 35.3. The molecule has 0 amide bonds. The molecule has 4 aliphatic heterocycles. The summed E-state index contributed by atoms with van der Waals surface area (Å²) in [5.74, 6) is 2.72. The van der Waals surface area contributed by atoms with Crippen molar-refractivity contribution in [3.63, 3.8) is 0 Å². The number of hydrogen-bond donors (Lipinski definition) is 0. The first-order chi connectivity index (χ1) is 26.8. The van der Waals surface area contributed by atoms with Gasteiger partial charge in [-0.1, -0.05) is 103 Å². The van der Waals surface area contributed by atoms with Crippen LogP contribution in [0.2, 0.25) is 0 Å². The number of hydrogen-bond acceptors (Lipinski definition) is 5. The van der Waals surface area contributed by atoms with E-state index in [0.29, 0.717) is 0 Å². The molecular formula is C47H30B2N4O. The number of anilines is 9. The third kappa shape index (κ3) is 4.04. The molecule has 8 aromatic rings. The smallest absolute Gasteiger partial charge is 0.275 e. The van der Waals surface area contributed by atoms with Gasteiger partial charge in [0, 0.05) is 45.4 Å². The molecule has 5 heterocycles. The first-order valence-corrected chi connectivity index (χ1v) is 18.6. The highest BCUT2D eigenvalue weighted by molar-refractivity contribution is 7.01. The Bertz CT molecular complexity index is 2800. The van der Waals surface area contributed by atoms with Crippen LogP contribution >= 0.6 is 0 Å². The predicted octanol–water partition coefficient (Wildman–Crippen LogP) is 7.57. The Morgan fingerprint density at radius 2 is 0.870 bits per heavy atom. The van der Waals surface area contributed by atoms with Crippen LogP contribution in [0.15, 0.2) is 182 Å². The van der Waals surface area contributed by atoms with Crippen molar-refractivity contribution in [1.29, 1.82) is 0 Å². The third-order valence-corrected chi connectivity index (χ3v) is 11.5. The average molecular weight is 688 g/mol. The zero-order valence-corrected chi connectivity index (χ0v) is 29.2. The van der Waals surface area contributed by atoms with E-state index in [1.807, 2.05) is 0 Å². The van der Waals surface area contributed by atoms with E-state index in [9.17, 15) is 0 Å². The van der Waals surface area contributed by atoms with Crippen LogP contribution in [0.3, 0.4) is 0 Å². The molecule has 0 unspecified atom stereocenters. The molecular weight excluding hydrogens is 658 g/mol. The van der Waals surface area contributed by atoms with Gasteiger partial charge < -0.3 is 14.5 Å². The summed E-state index contributed by atoms with van der Waals surface area (Å²) in [6, 6.07) is 65.1. The van der Waals surface area contributed by atoms with E-state index >= 15 is 0 Å². The molecule has 5 nitrogen and oxygen atoms in total. The van der Waals surface area contributed by atoms with Crippen LogP contribution in [0.25, 0.3) is 0 Å². The van der Waals surface area contributed by atoms with Gasteiger partial charge in [0.25, 0.3) is 13.4 Å². The van der Waals surface area contributed by atoms with Gasteiger partial charge >= 0.3 is 0 Å². The molecule has 0 atom stereocenters. The minimum atomic E-state index is -0.0973. The number of ether oxygens (including phenoxy) is 1. The number of benzene rings is 7. The largest absolute Gasteiger partial charge is 0.458 e. The van der Waals surface area contributed by atoms with Crippen molar-refractivity contribution in [3.05, 3.63) is 182 Å². The van der Waals surface area contributed by atoms with Crippen molar-refractivity contribution in [2.75, 3.05) is 14.7 Å². The van der Waals surface area contributed by atoms with Crippen molar-refractivity contribution in [3.8, 4) is 11.5 Å². The van der Waals surface area contributed by atoms with E-state index in [2.05, 4.69) is 197 Å². The quantitative estimate of drug-likeness (QED) is 0.179. The second-order valence-corrected chi connectivity index (χ2v) is 14.3. The lowest BCUT2D eigenvalue weighted by atomic mass is 9.33. The lowest BCUT2D eigenvalue weighted by Crippen LogP contribution is -2.65. The molecule has 12 rings (SSSR count). The first kappa shape index (κ1) is 29.6. The first-order valence-electron chi connectivity index (χ1n) is 18.6. The summed E-state index contributed by atoms with van der Waals surface area (Å²) in [6.07, 6.45) is 0. The fourth-order valence-corrected chi connectivity index (χ4v) is 9.34. The van der Waals surface area contributed by atoms with Crippen LogP contribution < -0.4 is 52.3 Å². The molecule has 0 bridgehead atoms. The lowest BCUT2D eigenvalue weighted by Gasteiger charge is -2.45. The van der Waals surface area contributed by atoms with E-state index in [4.69, 9.17) is 9.72 Å². The summed E-state index contributed by atoms with van der Waals surface area (Å²) in [4.78, 5) is 13.2. The zero-order valence-electron chi connectivity index (χ0n) is 29.2. The van der Waals surface area contributed by atoms with Crippen molar-refractivity contribution in [1.82, 2.24) is 4.98 Å². The Balaban J connectivity index is 1.20.